The molecule has 0 N–H and O–H groups in total. The number of benzene rings is 9. The minimum Gasteiger partial charge on any atom is -0.456 e. The Kier molecular flexibility index (Phi) is 7.80. The first-order chi connectivity index (χ1) is 31.5. The van der Waals surface area contributed by atoms with E-state index in [1.807, 2.05) is 0 Å². The molecular formula is C63H49NO. The smallest absolute Gasteiger partial charge is 0.136 e. The molecule has 1 aromatic heterocycles. The van der Waals surface area contributed by atoms with Gasteiger partial charge in [0.25, 0.3) is 0 Å². The highest BCUT2D eigenvalue weighted by atomic mass is 16.3. The molecule has 13 rings (SSSR count). The van der Waals surface area contributed by atoms with Crippen LogP contribution in [0.3, 0.4) is 0 Å². The maximum Gasteiger partial charge on any atom is 0.136 e. The molecule has 9 aromatic carbocycles. The molecule has 0 unspecified atom stereocenters. The van der Waals surface area contributed by atoms with Crippen LogP contribution < -0.4 is 4.90 Å². The minimum absolute atomic E-state index is 0.174. The second-order valence-corrected chi connectivity index (χ2v) is 20.0. The summed E-state index contributed by atoms with van der Waals surface area (Å²) in [6, 6.07) is 70.3. The van der Waals surface area contributed by atoms with Gasteiger partial charge in [-0.05, 0) is 126 Å². The van der Waals surface area contributed by atoms with Gasteiger partial charge in [0, 0.05) is 44.0 Å². The third-order valence-corrected chi connectivity index (χ3v) is 15.5. The third-order valence-electron chi connectivity index (χ3n) is 15.5. The van der Waals surface area contributed by atoms with Gasteiger partial charge >= 0.3 is 0 Å². The zero-order valence-electron chi connectivity index (χ0n) is 37.8. The Balaban J connectivity index is 1.14. The lowest BCUT2D eigenvalue weighted by atomic mass is 9.77. The van der Waals surface area contributed by atoms with Crippen LogP contribution in [0.1, 0.15) is 74.9 Å². The van der Waals surface area contributed by atoms with E-state index < -0.39 is 0 Å². The van der Waals surface area contributed by atoms with Crippen molar-refractivity contribution in [3.05, 3.63) is 221 Å². The van der Waals surface area contributed by atoms with Crippen molar-refractivity contribution in [2.75, 3.05) is 4.90 Å². The average Bonchev–Trinajstić information content (AvgIpc) is 3.98. The van der Waals surface area contributed by atoms with Gasteiger partial charge in [0.05, 0.1) is 5.69 Å². The highest BCUT2D eigenvalue weighted by molar-refractivity contribution is 6.16. The maximum absolute atomic E-state index is 6.67. The number of hydrogen-bond acceptors (Lipinski definition) is 2. The molecule has 3 aliphatic carbocycles. The second kappa shape index (κ2) is 13.3. The predicted molar refractivity (Wildman–Crippen MR) is 272 cm³/mol. The predicted octanol–water partition coefficient (Wildman–Crippen LogP) is 17.3. The van der Waals surface area contributed by atoms with Crippen LogP contribution in [0.4, 0.5) is 17.1 Å². The Morgan fingerprint density at radius 3 is 1.40 bits per heavy atom. The molecule has 2 heteroatoms. The van der Waals surface area contributed by atoms with Crippen LogP contribution in [-0.4, -0.2) is 0 Å². The van der Waals surface area contributed by atoms with Gasteiger partial charge in [-0.3, -0.25) is 0 Å². The van der Waals surface area contributed by atoms with Crippen molar-refractivity contribution in [2.24, 2.45) is 0 Å². The molecule has 0 bridgehead atoms. The number of furan rings is 1. The molecule has 312 valence electrons. The molecule has 0 fully saturated rings. The summed E-state index contributed by atoms with van der Waals surface area (Å²) in [5.74, 6) is 0. The van der Waals surface area contributed by atoms with Crippen LogP contribution in [0, 0.1) is 0 Å². The zero-order chi connectivity index (χ0) is 44.0. The fourth-order valence-electron chi connectivity index (χ4n) is 12.4. The van der Waals surface area contributed by atoms with Crippen LogP contribution in [0.25, 0.3) is 77.6 Å². The normalized spacial score (nSPS) is 15.3. The van der Waals surface area contributed by atoms with E-state index >= 15 is 0 Å². The summed E-state index contributed by atoms with van der Waals surface area (Å²) in [6.45, 7) is 14.3. The topological polar surface area (TPSA) is 16.4 Å². The van der Waals surface area contributed by atoms with E-state index in [0.29, 0.717) is 0 Å². The number of fused-ring (bicyclic) bond motifs is 12. The Hall–Kier alpha value is -7.42. The van der Waals surface area contributed by atoms with Crippen LogP contribution in [-0.2, 0) is 16.2 Å². The van der Waals surface area contributed by atoms with Crippen LogP contribution in [0.15, 0.2) is 192 Å². The van der Waals surface area contributed by atoms with Gasteiger partial charge in [0.2, 0.25) is 0 Å². The van der Waals surface area contributed by atoms with Gasteiger partial charge in [0.15, 0.2) is 0 Å². The number of para-hydroxylation sites is 1. The van der Waals surface area contributed by atoms with Gasteiger partial charge in [-0.15, -0.1) is 0 Å². The lowest BCUT2D eigenvalue weighted by molar-refractivity contribution is 0.660. The largest absolute Gasteiger partial charge is 0.456 e. The van der Waals surface area contributed by atoms with E-state index in [-0.39, 0.29) is 16.2 Å². The molecule has 1 heterocycles. The fraction of sp³-hybridized carbons (Fsp3) is 0.143. The van der Waals surface area contributed by atoms with Crippen molar-refractivity contribution >= 4 is 39.0 Å². The molecule has 0 amide bonds. The van der Waals surface area contributed by atoms with E-state index in [0.717, 1.165) is 44.6 Å². The summed E-state index contributed by atoms with van der Waals surface area (Å²) in [7, 11) is 0. The van der Waals surface area contributed by atoms with E-state index in [1.54, 1.807) is 0 Å². The van der Waals surface area contributed by atoms with Crippen molar-refractivity contribution in [1.82, 2.24) is 0 Å². The molecule has 10 aromatic rings. The zero-order valence-corrected chi connectivity index (χ0v) is 37.8. The Labute approximate surface area is 381 Å². The Bertz CT molecular complexity index is 3540. The van der Waals surface area contributed by atoms with E-state index in [2.05, 4.69) is 234 Å². The minimum atomic E-state index is -0.217. The van der Waals surface area contributed by atoms with Gasteiger partial charge in [-0.25, -0.2) is 0 Å². The first-order valence-electron chi connectivity index (χ1n) is 23.1. The number of nitrogens with zero attached hydrogens (tertiary/aromatic N) is 1. The van der Waals surface area contributed by atoms with Crippen molar-refractivity contribution in [3.63, 3.8) is 0 Å². The van der Waals surface area contributed by atoms with Crippen molar-refractivity contribution < 1.29 is 4.42 Å². The monoisotopic (exact) mass is 835 g/mol. The highest BCUT2D eigenvalue weighted by Crippen LogP contribution is 2.58. The van der Waals surface area contributed by atoms with E-state index in [1.165, 1.54) is 83.5 Å². The van der Waals surface area contributed by atoms with Gasteiger partial charge in [0.1, 0.15) is 11.2 Å². The molecule has 0 saturated heterocycles. The summed E-state index contributed by atoms with van der Waals surface area (Å²) in [5.41, 5.74) is 25.4. The van der Waals surface area contributed by atoms with E-state index in [4.69, 9.17) is 4.42 Å². The molecule has 65 heavy (non-hydrogen) atoms. The molecule has 0 radical (unpaired) electrons. The SMILES string of the molecule is CC1(C)c2ccccc2-c2ccc(N(c3ccc4c(c3)C(C)(C)c3ccccc3-4)c3cccc(-c4cccc5c4C(C)(C)c4ccccc4-5)c3-c3cccc4oc5ccccc5c34)cc21. The summed E-state index contributed by atoms with van der Waals surface area (Å²) < 4.78 is 6.67. The highest BCUT2D eigenvalue weighted by Gasteiger charge is 2.40. The Morgan fingerprint density at radius 1 is 0.338 bits per heavy atom. The van der Waals surface area contributed by atoms with Crippen LogP contribution in [0.2, 0.25) is 0 Å². The molecule has 2 nitrogen and oxygen atoms in total. The summed E-state index contributed by atoms with van der Waals surface area (Å²) in [4.78, 5) is 2.56. The lowest BCUT2D eigenvalue weighted by Crippen LogP contribution is -2.18. The van der Waals surface area contributed by atoms with Crippen molar-refractivity contribution in [3.8, 4) is 55.6 Å². The molecule has 0 spiro atoms. The van der Waals surface area contributed by atoms with E-state index in [9.17, 15) is 0 Å². The van der Waals surface area contributed by atoms with Gasteiger partial charge < -0.3 is 9.32 Å². The fourth-order valence-corrected chi connectivity index (χ4v) is 12.4. The molecular weight excluding hydrogens is 787 g/mol. The van der Waals surface area contributed by atoms with Gasteiger partial charge in [-0.1, -0.05) is 187 Å². The van der Waals surface area contributed by atoms with Crippen LogP contribution >= 0.6 is 0 Å². The second-order valence-electron chi connectivity index (χ2n) is 20.0. The van der Waals surface area contributed by atoms with Crippen molar-refractivity contribution in [1.29, 1.82) is 0 Å². The lowest BCUT2D eigenvalue weighted by Gasteiger charge is -2.32. The average molecular weight is 836 g/mol. The number of hydrogen-bond donors (Lipinski definition) is 0. The standard InChI is InChI=1S/C63H49NO/c1-61(2)50-26-11-7-18-40(50)43-34-32-38(36-53(43)61)64(39-33-35-44-41-19-8-12-27-51(41)62(3,4)54(44)37-39)55-29-16-22-45(47-24-15-23-46-42-20-9-13-28-52(42)63(5,6)60(46)47)58(55)49-25-17-31-57-59(49)48-21-10-14-30-56(48)65-57/h7-37H,1-6H3. The summed E-state index contributed by atoms with van der Waals surface area (Å²) in [5, 5.41) is 2.24. The number of rotatable bonds is 5. The molecule has 0 atom stereocenters. The first-order valence-corrected chi connectivity index (χ1v) is 23.1. The van der Waals surface area contributed by atoms with Crippen molar-refractivity contribution in [2.45, 2.75) is 57.8 Å². The third kappa shape index (κ3) is 5.17. The van der Waals surface area contributed by atoms with Crippen LogP contribution in [0.5, 0.6) is 0 Å². The van der Waals surface area contributed by atoms with Gasteiger partial charge in [-0.2, -0.15) is 0 Å². The Morgan fingerprint density at radius 2 is 0.769 bits per heavy atom. The molecule has 3 aliphatic rings. The quantitative estimate of drug-likeness (QED) is 0.172. The maximum atomic E-state index is 6.67. The molecule has 0 saturated carbocycles. The summed E-state index contributed by atoms with van der Waals surface area (Å²) >= 11 is 0. The number of anilines is 3. The molecule has 0 aliphatic heterocycles. The first kappa shape index (κ1) is 38.1. The summed E-state index contributed by atoms with van der Waals surface area (Å²) in [6.07, 6.45) is 0.